The molecular weight excluding hydrogens is 280 g/mol. The highest BCUT2D eigenvalue weighted by Gasteiger charge is 2.53. The predicted octanol–water partition coefficient (Wildman–Crippen LogP) is 2.78. The second-order valence-corrected chi connectivity index (χ2v) is 11.6. The molecule has 116 valence electrons. The third-order valence-corrected chi connectivity index (χ3v) is 10.5. The molecule has 0 aliphatic heterocycles. The van der Waals surface area contributed by atoms with E-state index in [0.29, 0.717) is 11.8 Å². The van der Waals surface area contributed by atoms with Gasteiger partial charge in [-0.25, -0.2) is 0 Å². The minimum absolute atomic E-state index is 0.489. The summed E-state index contributed by atoms with van der Waals surface area (Å²) in [5.74, 6) is 0.977. The van der Waals surface area contributed by atoms with E-state index in [2.05, 4.69) is 27.7 Å². The highest BCUT2D eigenvalue weighted by Crippen LogP contribution is 2.30. The molecule has 0 spiro atoms. The zero-order chi connectivity index (χ0) is 15.1. The quantitative estimate of drug-likeness (QED) is 0.581. The molecule has 7 heteroatoms. The lowest BCUT2D eigenvalue weighted by atomic mass is 10.3. The molecule has 5 nitrogen and oxygen atoms in total. The number of rotatable bonds is 10. The lowest BCUT2D eigenvalue weighted by Gasteiger charge is -2.37. The van der Waals surface area contributed by atoms with Gasteiger partial charge in [-0.2, -0.15) is 0 Å². The molecular formula is C12H30O5Si2. The maximum atomic E-state index is 6.23. The highest BCUT2D eigenvalue weighted by atomic mass is 28.5. The van der Waals surface area contributed by atoms with Crippen molar-refractivity contribution in [2.24, 2.45) is 11.8 Å². The summed E-state index contributed by atoms with van der Waals surface area (Å²) in [6, 6.07) is 1.79. The zero-order valence-electron chi connectivity index (χ0n) is 13.6. The summed E-state index contributed by atoms with van der Waals surface area (Å²) in [6.07, 6.45) is 0. The Labute approximate surface area is 120 Å². The minimum Gasteiger partial charge on any atom is -0.398 e. The van der Waals surface area contributed by atoms with Crippen molar-refractivity contribution in [3.8, 4) is 0 Å². The molecule has 0 rings (SSSR count). The first kappa shape index (κ1) is 19.2. The van der Waals surface area contributed by atoms with Gasteiger partial charge in [0, 0.05) is 28.4 Å². The number of hydrogen-bond donors (Lipinski definition) is 0. The minimum atomic E-state index is -3.07. The van der Waals surface area contributed by atoms with Gasteiger partial charge in [-0.1, -0.05) is 27.7 Å². The van der Waals surface area contributed by atoms with Crippen LogP contribution in [-0.4, -0.2) is 46.0 Å². The van der Waals surface area contributed by atoms with Gasteiger partial charge in [-0.15, -0.1) is 0 Å². The Morgan fingerprint density at radius 3 is 1.26 bits per heavy atom. The Kier molecular flexibility index (Phi) is 8.61. The molecule has 0 bridgehead atoms. The van der Waals surface area contributed by atoms with Crippen LogP contribution in [0.3, 0.4) is 0 Å². The topological polar surface area (TPSA) is 46.2 Å². The van der Waals surface area contributed by atoms with Gasteiger partial charge >= 0.3 is 17.6 Å². The van der Waals surface area contributed by atoms with Gasteiger partial charge in [0.05, 0.1) is 0 Å². The van der Waals surface area contributed by atoms with Gasteiger partial charge in [0.1, 0.15) is 0 Å². The molecule has 0 fully saturated rings. The van der Waals surface area contributed by atoms with E-state index in [0.717, 1.165) is 12.1 Å². The van der Waals surface area contributed by atoms with Crippen LogP contribution in [-0.2, 0) is 21.8 Å². The maximum Gasteiger partial charge on any atom is 0.669 e. The monoisotopic (exact) mass is 310 g/mol. The van der Waals surface area contributed by atoms with Crippen LogP contribution in [0, 0.1) is 11.8 Å². The Morgan fingerprint density at radius 2 is 1.05 bits per heavy atom. The molecule has 0 N–H and O–H groups in total. The van der Waals surface area contributed by atoms with Crippen molar-refractivity contribution in [3.63, 3.8) is 0 Å². The van der Waals surface area contributed by atoms with E-state index in [9.17, 15) is 0 Å². The summed E-state index contributed by atoms with van der Waals surface area (Å²) >= 11 is 0. The summed E-state index contributed by atoms with van der Waals surface area (Å²) in [5.41, 5.74) is 0. The molecule has 0 heterocycles. The summed E-state index contributed by atoms with van der Waals surface area (Å²) in [4.78, 5) is 0. The van der Waals surface area contributed by atoms with Crippen LogP contribution < -0.4 is 0 Å². The third kappa shape index (κ3) is 6.03. The average Bonchev–Trinajstić information content (AvgIpc) is 2.34. The van der Waals surface area contributed by atoms with Crippen LogP contribution in [0.1, 0.15) is 27.7 Å². The molecule has 0 amide bonds. The summed E-state index contributed by atoms with van der Waals surface area (Å²) < 4.78 is 28.2. The van der Waals surface area contributed by atoms with Crippen LogP contribution in [0.15, 0.2) is 0 Å². The fourth-order valence-corrected chi connectivity index (χ4v) is 9.53. The van der Waals surface area contributed by atoms with Crippen LogP contribution in [0.25, 0.3) is 0 Å². The van der Waals surface area contributed by atoms with Gasteiger partial charge in [0.25, 0.3) is 0 Å². The Balaban J connectivity index is 5.20. The molecule has 0 aromatic heterocycles. The van der Waals surface area contributed by atoms with Gasteiger partial charge in [-0.05, 0) is 23.9 Å². The fraction of sp³-hybridized carbons (Fsp3) is 1.00. The first-order valence-corrected chi connectivity index (χ1v) is 10.6. The second-order valence-electron chi connectivity index (χ2n) is 5.53. The molecule has 0 aromatic carbocycles. The molecule has 0 aliphatic carbocycles. The number of hydrogen-bond acceptors (Lipinski definition) is 5. The average molecular weight is 311 g/mol. The second kappa shape index (κ2) is 8.50. The lowest BCUT2D eigenvalue weighted by Crippen LogP contribution is -2.58. The summed E-state index contributed by atoms with van der Waals surface area (Å²) in [5, 5.41) is 0. The summed E-state index contributed by atoms with van der Waals surface area (Å²) in [7, 11) is 0.904. The standard InChI is InChI=1S/C12H30O5Si2/c1-11(2)9-18(13-5,10-12(3)4)17-19(14-6,15-7)16-8/h11-12H,9-10H2,1-8H3. The van der Waals surface area contributed by atoms with E-state index < -0.39 is 17.6 Å². The third-order valence-electron chi connectivity index (χ3n) is 2.87. The van der Waals surface area contributed by atoms with Gasteiger partial charge < -0.3 is 21.8 Å². The Bertz CT molecular complexity index is 226. The van der Waals surface area contributed by atoms with Gasteiger partial charge in [0.2, 0.25) is 0 Å². The van der Waals surface area contributed by atoms with E-state index in [1.807, 2.05) is 0 Å². The summed E-state index contributed by atoms with van der Waals surface area (Å²) in [6.45, 7) is 8.67. The van der Waals surface area contributed by atoms with Crippen molar-refractivity contribution < 1.29 is 21.8 Å². The Morgan fingerprint density at radius 1 is 0.684 bits per heavy atom. The highest BCUT2D eigenvalue weighted by molar-refractivity contribution is 6.76. The van der Waals surface area contributed by atoms with Crippen LogP contribution >= 0.6 is 0 Å². The van der Waals surface area contributed by atoms with Crippen molar-refractivity contribution in [2.75, 3.05) is 28.4 Å². The van der Waals surface area contributed by atoms with Crippen molar-refractivity contribution in [2.45, 2.75) is 39.8 Å². The molecule has 0 saturated heterocycles. The van der Waals surface area contributed by atoms with Gasteiger partial charge in [-0.3, -0.25) is 0 Å². The van der Waals surface area contributed by atoms with E-state index in [1.54, 1.807) is 28.4 Å². The largest absolute Gasteiger partial charge is 0.669 e. The van der Waals surface area contributed by atoms with Gasteiger partial charge in [0.15, 0.2) is 0 Å². The van der Waals surface area contributed by atoms with Crippen molar-refractivity contribution in [3.05, 3.63) is 0 Å². The Hall–Kier alpha value is 0.234. The molecule has 0 aromatic rings. The van der Waals surface area contributed by atoms with E-state index in [4.69, 9.17) is 21.8 Å². The maximum absolute atomic E-state index is 6.23. The first-order valence-electron chi connectivity index (χ1n) is 6.69. The normalized spacial score (nSPS) is 13.6. The molecule has 0 radical (unpaired) electrons. The van der Waals surface area contributed by atoms with Crippen molar-refractivity contribution in [1.29, 1.82) is 0 Å². The molecule has 19 heavy (non-hydrogen) atoms. The molecule has 0 atom stereocenters. The lowest BCUT2D eigenvalue weighted by molar-refractivity contribution is 0.0346. The SMILES string of the molecule is CO[Si](CC(C)C)(CC(C)C)O[Si](OC)(OC)OC. The van der Waals surface area contributed by atoms with Crippen molar-refractivity contribution >= 4 is 17.6 Å². The molecule has 0 saturated carbocycles. The first-order chi connectivity index (χ1) is 8.78. The van der Waals surface area contributed by atoms with E-state index >= 15 is 0 Å². The van der Waals surface area contributed by atoms with Crippen LogP contribution in [0.4, 0.5) is 0 Å². The van der Waals surface area contributed by atoms with E-state index in [1.165, 1.54) is 0 Å². The molecule has 0 aliphatic rings. The van der Waals surface area contributed by atoms with Crippen molar-refractivity contribution in [1.82, 2.24) is 0 Å². The smallest absolute Gasteiger partial charge is 0.398 e. The van der Waals surface area contributed by atoms with E-state index in [-0.39, 0.29) is 0 Å². The predicted molar refractivity (Wildman–Crippen MR) is 79.9 cm³/mol. The van der Waals surface area contributed by atoms with Crippen LogP contribution in [0.2, 0.25) is 12.1 Å². The fourth-order valence-electron chi connectivity index (χ4n) is 2.22. The zero-order valence-corrected chi connectivity index (χ0v) is 15.6. The van der Waals surface area contributed by atoms with Crippen LogP contribution in [0.5, 0.6) is 0 Å². The molecule has 0 unspecified atom stereocenters.